The Hall–Kier alpha value is -0.880. The first-order valence-electron chi connectivity index (χ1n) is 8.88. The maximum atomic E-state index is 11.3. The van der Waals surface area contributed by atoms with Crippen molar-refractivity contribution in [3.8, 4) is 0 Å². The molecule has 1 rings (SSSR count). The van der Waals surface area contributed by atoms with E-state index >= 15 is 0 Å². The quantitative estimate of drug-likeness (QED) is 0.185. The number of hydrogen-bond acceptors (Lipinski definition) is 4. The van der Waals surface area contributed by atoms with Gasteiger partial charge in [0.15, 0.2) is 5.96 Å². The normalized spacial score (nSPS) is 11.9. The Morgan fingerprint density at radius 2 is 1.92 bits per heavy atom. The van der Waals surface area contributed by atoms with Gasteiger partial charge in [-0.05, 0) is 46.6 Å². The smallest absolute Gasteiger partial charge is 0.211 e. The average molecular weight is 500 g/mol. The fourth-order valence-corrected chi connectivity index (χ4v) is 2.94. The van der Waals surface area contributed by atoms with Crippen LogP contribution in [0.2, 0.25) is 0 Å². The maximum absolute atomic E-state index is 11.3. The van der Waals surface area contributed by atoms with Crippen LogP contribution in [0.1, 0.15) is 38.1 Å². The number of sulfonamides is 1. The van der Waals surface area contributed by atoms with Crippen LogP contribution >= 0.6 is 24.0 Å². The van der Waals surface area contributed by atoms with E-state index in [0.29, 0.717) is 26.1 Å². The molecule has 0 unspecified atom stereocenters. The van der Waals surface area contributed by atoms with E-state index < -0.39 is 10.0 Å². The van der Waals surface area contributed by atoms with Gasteiger partial charge in [-0.3, -0.25) is 9.67 Å². The summed E-state index contributed by atoms with van der Waals surface area (Å²) < 4.78 is 27.2. The van der Waals surface area contributed by atoms with Crippen LogP contribution in [0.5, 0.6) is 0 Å². The third kappa shape index (κ3) is 10.3. The topological polar surface area (TPSA) is 100 Å². The molecule has 0 aromatic carbocycles. The highest BCUT2D eigenvalue weighted by atomic mass is 127. The first kappa shape index (κ1) is 25.1. The zero-order chi connectivity index (χ0) is 18.7. The third-order valence-corrected chi connectivity index (χ3v) is 5.00. The third-order valence-electron chi connectivity index (χ3n) is 3.59. The molecule has 10 heteroatoms. The Morgan fingerprint density at radius 1 is 1.19 bits per heavy atom. The summed E-state index contributed by atoms with van der Waals surface area (Å²) in [5, 5.41) is 10.9. The minimum absolute atomic E-state index is 0. The Morgan fingerprint density at radius 3 is 2.50 bits per heavy atom. The summed E-state index contributed by atoms with van der Waals surface area (Å²) in [6, 6.07) is 2.07. The molecular weight excluding hydrogens is 467 g/mol. The van der Waals surface area contributed by atoms with Crippen molar-refractivity contribution in [2.24, 2.45) is 4.99 Å². The molecule has 0 aliphatic heterocycles. The van der Waals surface area contributed by atoms with E-state index in [1.54, 1.807) is 6.92 Å². The monoisotopic (exact) mass is 500 g/mol. The average Bonchev–Trinajstić information content (AvgIpc) is 2.88. The van der Waals surface area contributed by atoms with E-state index in [9.17, 15) is 8.42 Å². The lowest BCUT2D eigenvalue weighted by Crippen LogP contribution is -2.39. The van der Waals surface area contributed by atoms with Gasteiger partial charge < -0.3 is 10.6 Å². The molecule has 0 atom stereocenters. The van der Waals surface area contributed by atoms with Crippen LogP contribution in [0.25, 0.3) is 0 Å². The van der Waals surface area contributed by atoms with Crippen molar-refractivity contribution in [3.05, 3.63) is 17.5 Å². The van der Waals surface area contributed by atoms with Gasteiger partial charge >= 0.3 is 0 Å². The van der Waals surface area contributed by atoms with Gasteiger partial charge in [-0.25, -0.2) is 13.1 Å². The summed E-state index contributed by atoms with van der Waals surface area (Å²) in [6.07, 6.45) is 1.62. The van der Waals surface area contributed by atoms with Crippen molar-refractivity contribution in [1.82, 2.24) is 25.1 Å². The van der Waals surface area contributed by atoms with E-state index in [-0.39, 0.29) is 29.7 Å². The second kappa shape index (κ2) is 13.3. The molecule has 3 N–H and O–H groups in total. The number of aliphatic imine (C=N–C) groups is 1. The van der Waals surface area contributed by atoms with Gasteiger partial charge in [0, 0.05) is 38.4 Å². The number of hydrogen-bond donors (Lipinski definition) is 3. The number of guanidine groups is 1. The minimum Gasteiger partial charge on any atom is -0.357 e. The lowest BCUT2D eigenvalue weighted by Gasteiger charge is -2.11. The predicted octanol–water partition coefficient (Wildman–Crippen LogP) is 1.39. The highest BCUT2D eigenvalue weighted by Crippen LogP contribution is 2.02. The maximum Gasteiger partial charge on any atom is 0.211 e. The lowest BCUT2D eigenvalue weighted by atomic mass is 10.4. The van der Waals surface area contributed by atoms with Crippen LogP contribution in [0, 0.1) is 13.8 Å². The van der Waals surface area contributed by atoms with Gasteiger partial charge in [0.05, 0.1) is 11.4 Å². The zero-order valence-corrected chi connectivity index (χ0v) is 19.4. The second-order valence-electron chi connectivity index (χ2n) is 5.84. The molecule has 0 spiro atoms. The highest BCUT2D eigenvalue weighted by Gasteiger charge is 2.04. The van der Waals surface area contributed by atoms with Gasteiger partial charge in [0.25, 0.3) is 0 Å². The van der Waals surface area contributed by atoms with Gasteiger partial charge in [-0.2, -0.15) is 5.10 Å². The van der Waals surface area contributed by atoms with Crippen molar-refractivity contribution in [2.45, 2.75) is 47.1 Å². The largest absolute Gasteiger partial charge is 0.357 e. The molecule has 1 aromatic heterocycles. The number of aryl methyl sites for hydroxylation is 3. The molecule has 0 saturated heterocycles. The molecule has 0 amide bonds. The van der Waals surface area contributed by atoms with Crippen LogP contribution in [0.4, 0.5) is 0 Å². The summed E-state index contributed by atoms with van der Waals surface area (Å²) >= 11 is 0. The first-order chi connectivity index (χ1) is 11.9. The van der Waals surface area contributed by atoms with E-state index in [1.807, 2.05) is 18.5 Å². The molecule has 26 heavy (non-hydrogen) atoms. The van der Waals surface area contributed by atoms with Gasteiger partial charge in [0.2, 0.25) is 10.0 Å². The summed E-state index contributed by atoms with van der Waals surface area (Å²) in [6.45, 7) is 11.1. The SMILES string of the molecule is CCNC(=NCCCn1nc(C)cc1C)NCCCNS(=O)(=O)CC.I. The molecule has 0 radical (unpaired) electrons. The molecular formula is C16H33IN6O2S. The Bertz CT molecular complexity index is 645. The summed E-state index contributed by atoms with van der Waals surface area (Å²) in [7, 11) is -3.11. The fraction of sp³-hybridized carbons (Fsp3) is 0.750. The van der Waals surface area contributed by atoms with Gasteiger partial charge in [-0.15, -0.1) is 24.0 Å². The van der Waals surface area contributed by atoms with Crippen molar-refractivity contribution < 1.29 is 8.42 Å². The Balaban J connectivity index is 0.00000625. The van der Waals surface area contributed by atoms with Crippen LogP contribution in [-0.2, 0) is 16.6 Å². The van der Waals surface area contributed by atoms with Crippen LogP contribution in [-0.4, -0.2) is 56.1 Å². The first-order valence-corrected chi connectivity index (χ1v) is 10.5. The molecule has 0 saturated carbocycles. The predicted molar refractivity (Wildman–Crippen MR) is 118 cm³/mol. The number of rotatable bonds is 11. The molecule has 8 nitrogen and oxygen atoms in total. The zero-order valence-electron chi connectivity index (χ0n) is 16.2. The highest BCUT2D eigenvalue weighted by molar-refractivity contribution is 14.0. The summed E-state index contributed by atoms with van der Waals surface area (Å²) in [4.78, 5) is 4.54. The Kier molecular flexibility index (Phi) is 12.9. The van der Waals surface area contributed by atoms with E-state index in [2.05, 4.69) is 38.4 Å². The van der Waals surface area contributed by atoms with E-state index in [1.165, 1.54) is 5.69 Å². The minimum atomic E-state index is -3.11. The number of nitrogens with one attached hydrogen (secondary N) is 3. The molecule has 1 heterocycles. The van der Waals surface area contributed by atoms with E-state index in [4.69, 9.17) is 0 Å². The van der Waals surface area contributed by atoms with Crippen molar-refractivity contribution in [1.29, 1.82) is 0 Å². The lowest BCUT2D eigenvalue weighted by molar-refractivity contribution is 0.566. The molecule has 0 aliphatic carbocycles. The van der Waals surface area contributed by atoms with Crippen molar-refractivity contribution in [3.63, 3.8) is 0 Å². The second-order valence-corrected chi connectivity index (χ2v) is 7.94. The van der Waals surface area contributed by atoms with Crippen molar-refractivity contribution in [2.75, 3.05) is 31.9 Å². The number of aromatic nitrogens is 2. The molecule has 0 fully saturated rings. The molecule has 152 valence electrons. The fourth-order valence-electron chi connectivity index (χ4n) is 2.28. The van der Waals surface area contributed by atoms with Crippen LogP contribution in [0.3, 0.4) is 0 Å². The van der Waals surface area contributed by atoms with Crippen LogP contribution in [0.15, 0.2) is 11.1 Å². The Labute approximate surface area is 174 Å². The standard InChI is InChI=1S/C16H32N6O2S.HI/c1-5-17-16(18-9-7-11-20-25(23,24)6-2)19-10-8-12-22-15(4)13-14(3)21-22;/h13,20H,5-12H2,1-4H3,(H2,17,18,19);1H. The number of halogens is 1. The summed E-state index contributed by atoms with van der Waals surface area (Å²) in [5.41, 5.74) is 2.20. The summed E-state index contributed by atoms with van der Waals surface area (Å²) in [5.74, 6) is 0.869. The molecule has 0 aliphatic rings. The van der Waals surface area contributed by atoms with E-state index in [0.717, 1.165) is 31.2 Å². The molecule has 1 aromatic rings. The molecule has 0 bridgehead atoms. The van der Waals surface area contributed by atoms with Gasteiger partial charge in [0.1, 0.15) is 0 Å². The number of nitrogens with zero attached hydrogens (tertiary/aromatic N) is 3. The van der Waals surface area contributed by atoms with Gasteiger partial charge in [-0.1, -0.05) is 0 Å². The van der Waals surface area contributed by atoms with Crippen molar-refractivity contribution >= 4 is 40.0 Å². The van der Waals surface area contributed by atoms with Crippen LogP contribution < -0.4 is 15.4 Å².